The van der Waals surface area contributed by atoms with Crippen LogP contribution in [-0.4, -0.2) is 17.0 Å². The zero-order valence-electron chi connectivity index (χ0n) is 12.1. The Bertz CT molecular complexity index is 735. The highest BCUT2D eigenvalue weighted by atomic mass is 79.9. The molecule has 0 unspecified atom stereocenters. The number of rotatable bonds is 3. The summed E-state index contributed by atoms with van der Waals surface area (Å²) >= 11 is 9.36. The number of aliphatic carboxylic acids is 1. The van der Waals surface area contributed by atoms with Crippen molar-refractivity contribution < 1.29 is 14.7 Å². The molecule has 1 aromatic carbocycles. The van der Waals surface area contributed by atoms with Gasteiger partial charge in [-0.15, -0.1) is 0 Å². The van der Waals surface area contributed by atoms with Crippen LogP contribution in [0.5, 0.6) is 0 Å². The third kappa shape index (κ3) is 2.41. The average molecular weight is 397 g/mol. The highest BCUT2D eigenvalue weighted by molar-refractivity contribution is 9.10. The van der Waals surface area contributed by atoms with E-state index in [2.05, 4.69) is 27.3 Å². The van der Waals surface area contributed by atoms with Crippen LogP contribution >= 0.6 is 27.5 Å². The molecular formula is C17H15BrClNO3. The van der Waals surface area contributed by atoms with Gasteiger partial charge in [0.15, 0.2) is 0 Å². The van der Waals surface area contributed by atoms with Crippen molar-refractivity contribution in [2.75, 3.05) is 5.32 Å². The fraction of sp³-hybridized carbons (Fsp3) is 0.412. The van der Waals surface area contributed by atoms with Gasteiger partial charge in [0.05, 0.1) is 16.9 Å². The molecule has 1 aromatic rings. The smallest absolute Gasteiger partial charge is 0.307 e. The second-order valence-electron chi connectivity index (χ2n) is 6.61. The third-order valence-corrected chi connectivity index (χ3v) is 6.66. The lowest BCUT2D eigenvalue weighted by Crippen LogP contribution is -2.48. The van der Waals surface area contributed by atoms with Gasteiger partial charge >= 0.3 is 5.97 Å². The Balaban J connectivity index is 1.60. The number of halogens is 2. The van der Waals surface area contributed by atoms with Crippen LogP contribution in [0.25, 0.3) is 0 Å². The largest absolute Gasteiger partial charge is 0.481 e. The molecule has 23 heavy (non-hydrogen) atoms. The van der Waals surface area contributed by atoms with Crippen LogP contribution in [0.1, 0.15) is 6.42 Å². The number of carbonyl (C=O) groups is 2. The zero-order valence-corrected chi connectivity index (χ0v) is 14.4. The maximum Gasteiger partial charge on any atom is 0.307 e. The Morgan fingerprint density at radius 3 is 2.43 bits per heavy atom. The maximum atomic E-state index is 12.8. The van der Waals surface area contributed by atoms with E-state index in [9.17, 15) is 14.7 Å². The molecule has 120 valence electrons. The monoisotopic (exact) mass is 395 g/mol. The summed E-state index contributed by atoms with van der Waals surface area (Å²) in [4.78, 5) is 24.5. The Hall–Kier alpha value is -1.33. The zero-order chi connectivity index (χ0) is 16.3. The number of nitrogens with one attached hydrogen (secondary N) is 1. The second-order valence-corrected chi connectivity index (χ2v) is 7.87. The van der Waals surface area contributed by atoms with Gasteiger partial charge in [0, 0.05) is 10.2 Å². The molecule has 0 radical (unpaired) electrons. The van der Waals surface area contributed by atoms with Gasteiger partial charge < -0.3 is 10.4 Å². The molecular weight excluding hydrogens is 382 g/mol. The molecule has 2 fully saturated rings. The minimum absolute atomic E-state index is 0.00763. The van der Waals surface area contributed by atoms with Gasteiger partial charge in [0.1, 0.15) is 0 Å². The summed E-state index contributed by atoms with van der Waals surface area (Å²) in [6.07, 6.45) is 5.11. The first-order valence-corrected chi connectivity index (χ1v) is 8.81. The minimum Gasteiger partial charge on any atom is -0.481 e. The lowest BCUT2D eigenvalue weighted by atomic mass is 9.62. The standard InChI is InChI=1S/C17H15BrClNO3/c18-12-4-1-7(5-13(12)19)20-16(21)14-8-2-3-9(11-6-10(8)11)15(14)17(22)23/h1-5,8-11,14-15H,6H2,(H,20,21)(H,22,23)/t8-,9-,10-,11+,14+,15+/m0/s1. The number of allylic oxidation sites excluding steroid dienone is 2. The molecule has 0 aliphatic heterocycles. The first-order valence-electron chi connectivity index (χ1n) is 7.64. The van der Waals surface area contributed by atoms with Crippen molar-refractivity contribution in [1.82, 2.24) is 0 Å². The highest BCUT2D eigenvalue weighted by Crippen LogP contribution is 2.63. The van der Waals surface area contributed by atoms with E-state index < -0.39 is 17.8 Å². The number of amides is 1. The molecule has 0 saturated heterocycles. The van der Waals surface area contributed by atoms with Crippen LogP contribution in [0, 0.1) is 35.5 Å². The molecule has 2 saturated carbocycles. The van der Waals surface area contributed by atoms with Crippen molar-refractivity contribution in [2.45, 2.75) is 6.42 Å². The molecule has 0 heterocycles. The molecule has 5 rings (SSSR count). The van der Waals surface area contributed by atoms with Crippen molar-refractivity contribution in [3.63, 3.8) is 0 Å². The molecule has 4 nitrogen and oxygen atoms in total. The van der Waals surface area contributed by atoms with E-state index in [4.69, 9.17) is 11.6 Å². The van der Waals surface area contributed by atoms with E-state index in [0.29, 0.717) is 22.5 Å². The molecule has 1 amide bonds. The molecule has 6 atom stereocenters. The quantitative estimate of drug-likeness (QED) is 0.764. The molecule has 4 aliphatic carbocycles. The van der Waals surface area contributed by atoms with Gasteiger partial charge in [0.2, 0.25) is 5.91 Å². The van der Waals surface area contributed by atoms with Gasteiger partial charge in [-0.1, -0.05) is 23.8 Å². The Kier molecular flexibility index (Phi) is 3.54. The summed E-state index contributed by atoms with van der Waals surface area (Å²) in [5.74, 6) is -1.26. The maximum absolute atomic E-state index is 12.8. The molecule has 6 heteroatoms. The van der Waals surface area contributed by atoms with E-state index in [-0.39, 0.29) is 17.7 Å². The van der Waals surface area contributed by atoms with Gasteiger partial charge in [-0.3, -0.25) is 9.59 Å². The predicted molar refractivity (Wildman–Crippen MR) is 90.1 cm³/mol. The van der Waals surface area contributed by atoms with Gasteiger partial charge in [-0.2, -0.15) is 0 Å². The second kappa shape index (κ2) is 5.35. The molecule has 0 aromatic heterocycles. The van der Waals surface area contributed by atoms with Gasteiger partial charge in [0.25, 0.3) is 0 Å². The summed E-state index contributed by atoms with van der Waals surface area (Å²) in [5.41, 5.74) is 0.588. The summed E-state index contributed by atoms with van der Waals surface area (Å²) in [5, 5.41) is 13.0. The number of fused-ring (bicyclic) bond motifs is 1. The van der Waals surface area contributed by atoms with Crippen LogP contribution in [0.4, 0.5) is 5.69 Å². The fourth-order valence-electron chi connectivity index (χ4n) is 4.37. The van der Waals surface area contributed by atoms with E-state index in [0.717, 1.165) is 10.9 Å². The first-order chi connectivity index (χ1) is 11.0. The number of hydrogen-bond donors (Lipinski definition) is 2. The molecule has 4 aliphatic rings. The van der Waals surface area contributed by atoms with Crippen LogP contribution in [0.15, 0.2) is 34.8 Å². The third-order valence-electron chi connectivity index (χ3n) is 5.43. The highest BCUT2D eigenvalue weighted by Gasteiger charge is 2.62. The van der Waals surface area contributed by atoms with Gasteiger partial charge in [-0.25, -0.2) is 0 Å². The van der Waals surface area contributed by atoms with Crippen molar-refractivity contribution in [3.05, 3.63) is 39.8 Å². The average Bonchev–Trinajstić information content (AvgIpc) is 3.32. The predicted octanol–water partition coefficient (Wildman–Crippen LogP) is 3.81. The number of benzene rings is 1. The van der Waals surface area contributed by atoms with Crippen LogP contribution in [-0.2, 0) is 9.59 Å². The SMILES string of the molecule is O=C(O)[C@@H]1[C@H]2C=C[C@@H]([C@@H]3C[C@H]23)[C@H]1C(=O)Nc1ccc(Br)c(Cl)c1. The Labute approximate surface area is 147 Å². The van der Waals surface area contributed by atoms with E-state index >= 15 is 0 Å². The molecule has 2 bridgehead atoms. The number of hydrogen-bond acceptors (Lipinski definition) is 2. The van der Waals surface area contributed by atoms with Crippen molar-refractivity contribution in [1.29, 1.82) is 0 Å². The summed E-state index contributed by atoms with van der Waals surface area (Å²) in [7, 11) is 0. The van der Waals surface area contributed by atoms with E-state index in [1.54, 1.807) is 18.2 Å². The van der Waals surface area contributed by atoms with Crippen LogP contribution in [0.3, 0.4) is 0 Å². The normalized spacial score (nSPS) is 36.4. The topological polar surface area (TPSA) is 66.4 Å². The van der Waals surface area contributed by atoms with E-state index in [1.807, 2.05) is 6.08 Å². The summed E-state index contributed by atoms with van der Waals surface area (Å²) in [6, 6.07) is 5.17. The van der Waals surface area contributed by atoms with Gasteiger partial charge in [-0.05, 0) is 64.2 Å². The summed E-state index contributed by atoms with van der Waals surface area (Å²) < 4.78 is 0.751. The summed E-state index contributed by atoms with van der Waals surface area (Å²) in [6.45, 7) is 0. The van der Waals surface area contributed by atoms with Crippen molar-refractivity contribution in [3.8, 4) is 0 Å². The Morgan fingerprint density at radius 1 is 1.17 bits per heavy atom. The van der Waals surface area contributed by atoms with Crippen LogP contribution < -0.4 is 5.32 Å². The number of carboxylic acid groups (broad SMARTS) is 1. The molecule has 2 N–H and O–H groups in total. The Morgan fingerprint density at radius 2 is 1.83 bits per heavy atom. The lowest BCUT2D eigenvalue weighted by molar-refractivity contribution is -0.152. The first kappa shape index (κ1) is 15.2. The van der Waals surface area contributed by atoms with E-state index in [1.165, 1.54) is 0 Å². The fourth-order valence-corrected chi connectivity index (χ4v) is 4.80. The van der Waals surface area contributed by atoms with Crippen molar-refractivity contribution >= 4 is 45.1 Å². The number of anilines is 1. The lowest BCUT2D eigenvalue weighted by Gasteiger charge is -2.41. The molecule has 0 spiro atoms. The van der Waals surface area contributed by atoms with Crippen LogP contribution in [0.2, 0.25) is 5.02 Å². The minimum atomic E-state index is -0.872. The van der Waals surface area contributed by atoms with Crippen molar-refractivity contribution in [2.24, 2.45) is 35.5 Å². The number of carboxylic acids is 1. The number of carbonyl (C=O) groups excluding carboxylic acids is 1.